The average molecular weight is 218 g/mol. The number of hydrogen-bond donors (Lipinski definition) is 2. The summed E-state index contributed by atoms with van der Waals surface area (Å²) in [5, 5.41) is -0.0360. The molecule has 0 saturated heterocycles. The highest BCUT2D eigenvalue weighted by Crippen LogP contribution is 2.03. The van der Waals surface area contributed by atoms with Crippen molar-refractivity contribution in [2.75, 3.05) is 6.61 Å². The van der Waals surface area contributed by atoms with Gasteiger partial charge in [0, 0.05) is 6.20 Å². The second-order valence-electron chi connectivity index (χ2n) is 2.17. The highest BCUT2D eigenvalue weighted by molar-refractivity contribution is 6.30. The normalized spacial score (nSPS) is 12.4. The van der Waals surface area contributed by atoms with Gasteiger partial charge in [0.05, 0.1) is 6.61 Å². The first-order valence-corrected chi connectivity index (χ1v) is 4.18. The van der Waals surface area contributed by atoms with Gasteiger partial charge in [-0.3, -0.25) is 0 Å². The fraction of sp³-hybridized carbons (Fsp3) is 0.250. The second kappa shape index (κ2) is 6.04. The lowest BCUT2D eigenvalue weighted by atomic mass is 10.2. The Morgan fingerprint density at radius 1 is 1.71 bits per heavy atom. The molecular formula is C8H12ClN3O2. The molecule has 0 atom stereocenters. The van der Waals surface area contributed by atoms with Crippen molar-refractivity contribution in [2.24, 2.45) is 16.5 Å². The molecule has 0 aromatic rings. The van der Waals surface area contributed by atoms with E-state index in [4.69, 9.17) is 23.1 Å². The number of rotatable bonds is 4. The van der Waals surface area contributed by atoms with Crippen molar-refractivity contribution in [3.8, 4) is 0 Å². The summed E-state index contributed by atoms with van der Waals surface area (Å²) in [6.45, 7) is 5.19. The molecule has 0 aliphatic heterocycles. The SMILES string of the molecule is C=C(Cl)N=C(N)/C(=C\N)C(=O)OCC. The van der Waals surface area contributed by atoms with Crippen LogP contribution in [0, 0.1) is 0 Å². The minimum Gasteiger partial charge on any atom is -0.462 e. The van der Waals surface area contributed by atoms with Gasteiger partial charge < -0.3 is 16.2 Å². The molecule has 0 aromatic carbocycles. The number of halogens is 1. The van der Waals surface area contributed by atoms with Crippen LogP contribution in [0.3, 0.4) is 0 Å². The summed E-state index contributed by atoms with van der Waals surface area (Å²) < 4.78 is 4.68. The summed E-state index contributed by atoms with van der Waals surface area (Å²) in [7, 11) is 0. The molecule has 0 aromatic heterocycles. The zero-order chi connectivity index (χ0) is 11.1. The van der Waals surface area contributed by atoms with Gasteiger partial charge in [-0.25, -0.2) is 9.79 Å². The summed E-state index contributed by atoms with van der Waals surface area (Å²) in [4.78, 5) is 14.8. The van der Waals surface area contributed by atoms with Crippen LogP contribution in [0.15, 0.2) is 28.5 Å². The number of nitrogens with zero attached hydrogens (tertiary/aromatic N) is 1. The van der Waals surface area contributed by atoms with Crippen molar-refractivity contribution in [1.82, 2.24) is 0 Å². The highest BCUT2D eigenvalue weighted by atomic mass is 35.5. The molecule has 0 aliphatic carbocycles. The Balaban J connectivity index is 4.75. The van der Waals surface area contributed by atoms with Crippen molar-refractivity contribution in [1.29, 1.82) is 0 Å². The summed E-state index contributed by atoms with van der Waals surface area (Å²) in [5.74, 6) is -0.764. The predicted molar refractivity (Wildman–Crippen MR) is 55.5 cm³/mol. The maximum absolute atomic E-state index is 11.2. The smallest absolute Gasteiger partial charge is 0.343 e. The highest BCUT2D eigenvalue weighted by Gasteiger charge is 2.14. The molecule has 0 unspecified atom stereocenters. The molecule has 5 nitrogen and oxygen atoms in total. The van der Waals surface area contributed by atoms with Crippen LogP contribution in [0.25, 0.3) is 0 Å². The van der Waals surface area contributed by atoms with E-state index in [-0.39, 0.29) is 23.2 Å². The van der Waals surface area contributed by atoms with Crippen LogP contribution >= 0.6 is 11.6 Å². The largest absolute Gasteiger partial charge is 0.462 e. The Hall–Kier alpha value is -1.49. The summed E-state index contributed by atoms with van der Waals surface area (Å²) >= 11 is 5.37. The molecule has 0 saturated carbocycles. The van der Waals surface area contributed by atoms with Crippen molar-refractivity contribution in [3.05, 3.63) is 23.5 Å². The van der Waals surface area contributed by atoms with E-state index < -0.39 is 5.97 Å². The summed E-state index contributed by atoms with van der Waals surface area (Å²) in [6.07, 6.45) is 1.01. The van der Waals surface area contributed by atoms with E-state index in [0.717, 1.165) is 6.20 Å². The molecule has 0 radical (unpaired) electrons. The zero-order valence-electron chi connectivity index (χ0n) is 7.79. The van der Waals surface area contributed by atoms with E-state index in [2.05, 4.69) is 16.3 Å². The fourth-order valence-electron chi connectivity index (χ4n) is 0.658. The quantitative estimate of drug-likeness (QED) is 0.235. The summed E-state index contributed by atoms with van der Waals surface area (Å²) in [6, 6.07) is 0. The third kappa shape index (κ3) is 3.95. The van der Waals surface area contributed by atoms with Crippen LogP contribution < -0.4 is 11.5 Å². The Bertz CT molecular complexity index is 297. The standard InChI is InChI=1S/C8H12ClN3O2/c1-3-14-8(13)6(4-10)7(11)12-5(2)9/h4H,2-3,10H2,1H3,(H2,11,12)/b6-4+. The van der Waals surface area contributed by atoms with Gasteiger partial charge in [-0.1, -0.05) is 18.2 Å². The van der Waals surface area contributed by atoms with Gasteiger partial charge in [-0.05, 0) is 6.92 Å². The van der Waals surface area contributed by atoms with Gasteiger partial charge in [0.15, 0.2) is 0 Å². The Labute approximate surface area is 87.1 Å². The maximum atomic E-state index is 11.2. The molecule has 4 N–H and O–H groups in total. The maximum Gasteiger partial charge on any atom is 0.343 e. The van der Waals surface area contributed by atoms with E-state index in [1.54, 1.807) is 6.92 Å². The number of esters is 1. The Morgan fingerprint density at radius 2 is 2.29 bits per heavy atom. The van der Waals surface area contributed by atoms with Crippen molar-refractivity contribution >= 4 is 23.4 Å². The number of aliphatic imine (C=N–C) groups is 1. The second-order valence-corrected chi connectivity index (χ2v) is 2.61. The van der Waals surface area contributed by atoms with Crippen LogP contribution in [-0.2, 0) is 9.53 Å². The van der Waals surface area contributed by atoms with E-state index >= 15 is 0 Å². The predicted octanol–water partition coefficient (Wildman–Crippen LogP) is 0.459. The third-order valence-corrected chi connectivity index (χ3v) is 1.26. The van der Waals surface area contributed by atoms with E-state index in [9.17, 15) is 4.79 Å². The molecule has 0 spiro atoms. The first-order chi connectivity index (χ1) is 6.52. The molecule has 0 amide bonds. The lowest BCUT2D eigenvalue weighted by Gasteiger charge is -2.04. The van der Waals surface area contributed by atoms with Gasteiger partial charge in [-0.15, -0.1) is 0 Å². The molecule has 6 heteroatoms. The van der Waals surface area contributed by atoms with Gasteiger partial charge in [-0.2, -0.15) is 0 Å². The van der Waals surface area contributed by atoms with Crippen LogP contribution in [0.1, 0.15) is 6.92 Å². The monoisotopic (exact) mass is 217 g/mol. The van der Waals surface area contributed by atoms with Crippen molar-refractivity contribution < 1.29 is 9.53 Å². The zero-order valence-corrected chi connectivity index (χ0v) is 8.54. The van der Waals surface area contributed by atoms with Gasteiger partial charge in [0.1, 0.15) is 16.6 Å². The van der Waals surface area contributed by atoms with Crippen LogP contribution in [0.5, 0.6) is 0 Å². The number of amidine groups is 1. The number of ether oxygens (including phenoxy) is 1. The number of carbonyl (C=O) groups is 1. The molecule has 0 heterocycles. The Morgan fingerprint density at radius 3 is 2.64 bits per heavy atom. The van der Waals surface area contributed by atoms with Crippen molar-refractivity contribution in [2.45, 2.75) is 6.92 Å². The number of nitrogens with two attached hydrogens (primary N) is 2. The van der Waals surface area contributed by atoms with Gasteiger partial charge in [0.25, 0.3) is 0 Å². The fourth-order valence-corrected chi connectivity index (χ4v) is 0.749. The molecule has 0 rings (SSSR count). The van der Waals surface area contributed by atoms with Gasteiger partial charge >= 0.3 is 5.97 Å². The minimum atomic E-state index is -0.644. The first-order valence-electron chi connectivity index (χ1n) is 3.80. The van der Waals surface area contributed by atoms with Gasteiger partial charge in [0.2, 0.25) is 0 Å². The van der Waals surface area contributed by atoms with E-state index in [0.29, 0.717) is 0 Å². The lowest BCUT2D eigenvalue weighted by Crippen LogP contribution is -2.24. The molecule has 14 heavy (non-hydrogen) atoms. The van der Waals surface area contributed by atoms with E-state index in [1.165, 1.54) is 0 Å². The summed E-state index contributed by atoms with van der Waals surface area (Å²) in [5.41, 5.74) is 10.6. The molecule has 0 bridgehead atoms. The lowest BCUT2D eigenvalue weighted by molar-refractivity contribution is -0.137. The molecule has 78 valence electrons. The molecular weight excluding hydrogens is 206 g/mol. The van der Waals surface area contributed by atoms with E-state index in [1.807, 2.05) is 0 Å². The Kier molecular flexibility index (Phi) is 5.40. The van der Waals surface area contributed by atoms with Crippen molar-refractivity contribution in [3.63, 3.8) is 0 Å². The van der Waals surface area contributed by atoms with Crippen LogP contribution in [0.2, 0.25) is 0 Å². The molecule has 0 fully saturated rings. The topological polar surface area (TPSA) is 90.7 Å². The first kappa shape index (κ1) is 12.5. The van der Waals surface area contributed by atoms with Crippen LogP contribution in [-0.4, -0.2) is 18.4 Å². The number of hydrogen-bond acceptors (Lipinski definition) is 4. The molecule has 0 aliphatic rings. The number of carbonyl (C=O) groups excluding carboxylic acids is 1. The minimum absolute atomic E-state index is 0.0337. The van der Waals surface area contributed by atoms with Crippen LogP contribution in [0.4, 0.5) is 0 Å². The average Bonchev–Trinajstić information content (AvgIpc) is 2.04. The third-order valence-electron chi connectivity index (χ3n) is 1.18.